The number of rotatable bonds is 4. The van der Waals surface area contributed by atoms with Crippen LogP contribution >= 0.6 is 0 Å². The minimum atomic E-state index is -0.0604. The first kappa shape index (κ1) is 9.65. The maximum Gasteiger partial charge on any atom is 0.0933 e. The minimum absolute atomic E-state index is 0.0604. The summed E-state index contributed by atoms with van der Waals surface area (Å²) in [6.07, 6.45) is 2.18. The van der Waals surface area contributed by atoms with Crippen LogP contribution < -0.4 is 5.90 Å². The second kappa shape index (κ2) is 3.69. The second-order valence-electron chi connectivity index (χ2n) is 3.67. The third-order valence-electron chi connectivity index (χ3n) is 2.84. The Kier molecular flexibility index (Phi) is 2.54. The molecule has 0 radical (unpaired) electrons. The highest BCUT2D eigenvalue weighted by molar-refractivity contribution is 5.35. The molecule has 1 aliphatic carbocycles. The van der Waals surface area contributed by atoms with Gasteiger partial charge < -0.3 is 4.74 Å². The Hall–Kier alpha value is -0.900. The summed E-state index contributed by atoms with van der Waals surface area (Å²) in [6, 6.07) is 8.13. The zero-order valence-electron chi connectivity index (χ0n) is 8.32. The van der Waals surface area contributed by atoms with Gasteiger partial charge in [-0.2, -0.15) is 0 Å². The minimum Gasteiger partial charge on any atom is -0.374 e. The molecule has 0 saturated heterocycles. The molecule has 1 saturated carbocycles. The summed E-state index contributed by atoms with van der Waals surface area (Å²) in [5.41, 5.74) is 2.28. The normalized spacial score (nSPS) is 18.1. The van der Waals surface area contributed by atoms with Crippen molar-refractivity contribution in [2.24, 2.45) is 5.90 Å². The second-order valence-corrected chi connectivity index (χ2v) is 3.67. The number of hydrogen-bond acceptors (Lipinski definition) is 3. The average molecular weight is 193 g/mol. The van der Waals surface area contributed by atoms with Gasteiger partial charge in [-0.1, -0.05) is 24.3 Å². The van der Waals surface area contributed by atoms with E-state index in [1.54, 1.807) is 7.11 Å². The molecule has 14 heavy (non-hydrogen) atoms. The molecule has 1 aromatic carbocycles. The molecule has 1 fully saturated rings. The third-order valence-corrected chi connectivity index (χ3v) is 2.84. The van der Waals surface area contributed by atoms with Crippen molar-refractivity contribution in [3.63, 3.8) is 0 Å². The summed E-state index contributed by atoms with van der Waals surface area (Å²) in [5.74, 6) is 5.09. The molecular formula is C11H15NO2. The number of benzene rings is 1. The molecular weight excluding hydrogens is 178 g/mol. The molecule has 0 amide bonds. The Morgan fingerprint density at radius 2 is 2.07 bits per heavy atom. The number of nitrogens with two attached hydrogens (primary N) is 1. The van der Waals surface area contributed by atoms with Gasteiger partial charge in [-0.05, 0) is 24.0 Å². The first-order valence-electron chi connectivity index (χ1n) is 4.77. The number of hydrogen-bond donors (Lipinski definition) is 1. The zero-order chi connectivity index (χ0) is 10.0. The summed E-state index contributed by atoms with van der Waals surface area (Å²) in [7, 11) is 1.76. The van der Waals surface area contributed by atoms with Crippen molar-refractivity contribution in [2.75, 3.05) is 7.11 Å². The Morgan fingerprint density at radius 3 is 2.64 bits per heavy atom. The van der Waals surface area contributed by atoms with E-state index >= 15 is 0 Å². The van der Waals surface area contributed by atoms with Gasteiger partial charge in [0.05, 0.1) is 12.2 Å². The molecule has 1 aromatic rings. The van der Waals surface area contributed by atoms with Gasteiger partial charge >= 0.3 is 0 Å². The van der Waals surface area contributed by atoms with E-state index in [2.05, 4.69) is 10.9 Å². The summed E-state index contributed by atoms with van der Waals surface area (Å²) in [4.78, 5) is 4.68. The highest BCUT2D eigenvalue weighted by Crippen LogP contribution is 2.49. The quantitative estimate of drug-likeness (QED) is 0.740. The fourth-order valence-corrected chi connectivity index (χ4v) is 1.88. The van der Waals surface area contributed by atoms with E-state index in [1.807, 2.05) is 18.2 Å². The van der Waals surface area contributed by atoms with Gasteiger partial charge in [0.1, 0.15) is 0 Å². The molecule has 0 bridgehead atoms. The number of ether oxygens (including phenoxy) is 1. The van der Waals surface area contributed by atoms with Crippen LogP contribution in [0.15, 0.2) is 24.3 Å². The van der Waals surface area contributed by atoms with Crippen molar-refractivity contribution in [1.29, 1.82) is 0 Å². The molecule has 2 rings (SSSR count). The topological polar surface area (TPSA) is 44.5 Å². The van der Waals surface area contributed by atoms with Crippen LogP contribution in [0.4, 0.5) is 0 Å². The molecule has 3 heteroatoms. The van der Waals surface area contributed by atoms with Crippen molar-refractivity contribution in [3.8, 4) is 0 Å². The van der Waals surface area contributed by atoms with E-state index in [4.69, 9.17) is 10.6 Å². The molecule has 0 heterocycles. The molecule has 0 spiro atoms. The van der Waals surface area contributed by atoms with Crippen LogP contribution in [0.3, 0.4) is 0 Å². The summed E-state index contributed by atoms with van der Waals surface area (Å²) < 4.78 is 5.53. The average Bonchev–Trinajstić information content (AvgIpc) is 3.00. The molecule has 0 aliphatic heterocycles. The van der Waals surface area contributed by atoms with Crippen LogP contribution in [0.5, 0.6) is 0 Å². The Bertz CT molecular complexity index is 321. The lowest BCUT2D eigenvalue weighted by atomic mass is 10.0. The van der Waals surface area contributed by atoms with E-state index in [9.17, 15) is 0 Å². The molecule has 3 nitrogen and oxygen atoms in total. The van der Waals surface area contributed by atoms with Crippen molar-refractivity contribution < 1.29 is 9.57 Å². The van der Waals surface area contributed by atoms with Gasteiger partial charge in [-0.3, -0.25) is 4.84 Å². The standard InChI is InChI=1S/C11H15NO2/c1-13-11(6-7-11)10-5-3-2-4-9(10)8-14-12/h2-5H,6-8,12H2,1H3. The lowest BCUT2D eigenvalue weighted by Crippen LogP contribution is -2.13. The summed E-state index contributed by atoms with van der Waals surface area (Å²) in [5, 5.41) is 0. The van der Waals surface area contributed by atoms with E-state index in [1.165, 1.54) is 5.56 Å². The third kappa shape index (κ3) is 1.54. The highest BCUT2D eigenvalue weighted by atomic mass is 16.6. The lowest BCUT2D eigenvalue weighted by Gasteiger charge is -2.17. The van der Waals surface area contributed by atoms with Crippen LogP contribution in [0.25, 0.3) is 0 Å². The van der Waals surface area contributed by atoms with Crippen LogP contribution in [-0.2, 0) is 21.8 Å². The lowest BCUT2D eigenvalue weighted by molar-refractivity contribution is 0.0731. The Morgan fingerprint density at radius 1 is 1.36 bits per heavy atom. The number of methoxy groups -OCH3 is 1. The van der Waals surface area contributed by atoms with Gasteiger partial charge in [0.25, 0.3) is 0 Å². The molecule has 0 atom stereocenters. The van der Waals surface area contributed by atoms with Crippen molar-refractivity contribution in [3.05, 3.63) is 35.4 Å². The van der Waals surface area contributed by atoms with Gasteiger partial charge in [-0.25, -0.2) is 5.90 Å². The van der Waals surface area contributed by atoms with Crippen molar-refractivity contribution in [1.82, 2.24) is 0 Å². The van der Waals surface area contributed by atoms with E-state index in [0.29, 0.717) is 6.61 Å². The van der Waals surface area contributed by atoms with Crippen molar-refractivity contribution >= 4 is 0 Å². The van der Waals surface area contributed by atoms with E-state index < -0.39 is 0 Å². The van der Waals surface area contributed by atoms with Crippen LogP contribution in [0, 0.1) is 0 Å². The summed E-state index contributed by atoms with van der Waals surface area (Å²) >= 11 is 0. The smallest absolute Gasteiger partial charge is 0.0933 e. The largest absolute Gasteiger partial charge is 0.374 e. The highest BCUT2D eigenvalue weighted by Gasteiger charge is 2.45. The maximum atomic E-state index is 5.53. The first-order chi connectivity index (χ1) is 6.82. The molecule has 0 aromatic heterocycles. The van der Waals surface area contributed by atoms with Crippen LogP contribution in [0.1, 0.15) is 24.0 Å². The fourth-order valence-electron chi connectivity index (χ4n) is 1.88. The molecule has 2 N–H and O–H groups in total. The van der Waals surface area contributed by atoms with Gasteiger partial charge in [0, 0.05) is 7.11 Å². The monoisotopic (exact) mass is 193 g/mol. The zero-order valence-corrected chi connectivity index (χ0v) is 8.32. The van der Waals surface area contributed by atoms with Gasteiger partial charge in [0.15, 0.2) is 0 Å². The summed E-state index contributed by atoms with van der Waals surface area (Å²) in [6.45, 7) is 0.446. The van der Waals surface area contributed by atoms with Gasteiger partial charge in [-0.15, -0.1) is 0 Å². The predicted octanol–water partition coefficient (Wildman–Crippen LogP) is 1.71. The van der Waals surface area contributed by atoms with Crippen molar-refractivity contribution in [2.45, 2.75) is 25.0 Å². The molecule has 1 aliphatic rings. The van der Waals surface area contributed by atoms with Crippen LogP contribution in [-0.4, -0.2) is 7.11 Å². The maximum absolute atomic E-state index is 5.53. The first-order valence-corrected chi connectivity index (χ1v) is 4.77. The molecule has 76 valence electrons. The Balaban J connectivity index is 2.32. The van der Waals surface area contributed by atoms with Gasteiger partial charge in [0.2, 0.25) is 0 Å². The Labute approximate surface area is 83.8 Å². The van der Waals surface area contributed by atoms with E-state index in [-0.39, 0.29) is 5.60 Å². The molecule has 0 unspecified atom stereocenters. The predicted molar refractivity (Wildman–Crippen MR) is 53.3 cm³/mol. The van der Waals surface area contributed by atoms with E-state index in [0.717, 1.165) is 18.4 Å². The van der Waals surface area contributed by atoms with Crippen LogP contribution in [0.2, 0.25) is 0 Å². The SMILES string of the molecule is COC1(c2ccccc2CON)CC1. The fraction of sp³-hybridized carbons (Fsp3) is 0.455.